The van der Waals surface area contributed by atoms with Crippen molar-refractivity contribution < 1.29 is 9.13 Å². The summed E-state index contributed by atoms with van der Waals surface area (Å²) >= 11 is 1.63. The van der Waals surface area contributed by atoms with Crippen LogP contribution >= 0.6 is 11.3 Å². The zero-order valence-electron chi connectivity index (χ0n) is 9.52. The van der Waals surface area contributed by atoms with Crippen LogP contribution in [0.1, 0.15) is 16.5 Å². The summed E-state index contributed by atoms with van der Waals surface area (Å²) in [5.41, 5.74) is 6.89. The van der Waals surface area contributed by atoms with Crippen molar-refractivity contribution in [3.8, 4) is 5.75 Å². The van der Waals surface area contributed by atoms with Gasteiger partial charge in [-0.2, -0.15) is 0 Å². The zero-order valence-corrected chi connectivity index (χ0v) is 10.3. The van der Waals surface area contributed by atoms with Crippen LogP contribution in [-0.2, 0) is 0 Å². The van der Waals surface area contributed by atoms with E-state index in [4.69, 9.17) is 10.5 Å². The number of nitrogens with two attached hydrogens (primary N) is 1. The van der Waals surface area contributed by atoms with Crippen LogP contribution in [0.3, 0.4) is 0 Å². The Morgan fingerprint density at radius 3 is 2.53 bits per heavy atom. The SMILES string of the molecule is Cc1ccsc1C(CN)Oc1ccc(F)cc1. The molecule has 2 N–H and O–H groups in total. The fourth-order valence-corrected chi connectivity index (χ4v) is 2.57. The fraction of sp³-hybridized carbons (Fsp3) is 0.231. The third-order valence-electron chi connectivity index (χ3n) is 2.50. The Hall–Kier alpha value is -1.39. The van der Waals surface area contributed by atoms with Crippen LogP contribution in [0, 0.1) is 12.7 Å². The number of rotatable bonds is 4. The highest BCUT2D eigenvalue weighted by Crippen LogP contribution is 2.27. The molecule has 0 saturated carbocycles. The Morgan fingerprint density at radius 1 is 1.29 bits per heavy atom. The summed E-state index contributed by atoms with van der Waals surface area (Å²) in [5.74, 6) is 0.364. The molecule has 0 aliphatic heterocycles. The van der Waals surface area contributed by atoms with Gasteiger partial charge in [0.2, 0.25) is 0 Å². The first-order chi connectivity index (χ1) is 8.20. The molecule has 4 heteroatoms. The van der Waals surface area contributed by atoms with Gasteiger partial charge in [-0.25, -0.2) is 4.39 Å². The Balaban J connectivity index is 2.16. The van der Waals surface area contributed by atoms with E-state index in [2.05, 4.69) is 0 Å². The highest BCUT2D eigenvalue weighted by molar-refractivity contribution is 7.10. The van der Waals surface area contributed by atoms with Crippen molar-refractivity contribution in [3.63, 3.8) is 0 Å². The van der Waals surface area contributed by atoms with E-state index in [-0.39, 0.29) is 11.9 Å². The van der Waals surface area contributed by atoms with E-state index in [1.165, 1.54) is 17.7 Å². The minimum Gasteiger partial charge on any atom is -0.484 e. The Labute approximate surface area is 104 Å². The van der Waals surface area contributed by atoms with Crippen molar-refractivity contribution >= 4 is 11.3 Å². The van der Waals surface area contributed by atoms with Crippen molar-refractivity contribution in [2.45, 2.75) is 13.0 Å². The molecular formula is C13H14FNOS. The first-order valence-electron chi connectivity index (χ1n) is 5.37. The maximum atomic E-state index is 12.8. The van der Waals surface area contributed by atoms with Gasteiger partial charge in [-0.15, -0.1) is 11.3 Å². The smallest absolute Gasteiger partial charge is 0.145 e. The molecule has 1 aromatic heterocycles. The molecule has 0 spiro atoms. The molecule has 1 heterocycles. The monoisotopic (exact) mass is 251 g/mol. The second-order valence-corrected chi connectivity index (χ2v) is 4.71. The van der Waals surface area contributed by atoms with Crippen molar-refractivity contribution in [1.82, 2.24) is 0 Å². The molecule has 1 atom stereocenters. The molecule has 2 aromatic rings. The van der Waals surface area contributed by atoms with E-state index in [0.29, 0.717) is 12.3 Å². The van der Waals surface area contributed by atoms with Gasteiger partial charge >= 0.3 is 0 Å². The Bertz CT molecular complexity index is 480. The highest BCUT2D eigenvalue weighted by Gasteiger charge is 2.15. The van der Waals surface area contributed by atoms with Crippen molar-refractivity contribution in [3.05, 3.63) is 52.0 Å². The number of benzene rings is 1. The van der Waals surface area contributed by atoms with Crippen LogP contribution < -0.4 is 10.5 Å². The molecule has 0 bridgehead atoms. The lowest BCUT2D eigenvalue weighted by atomic mass is 10.2. The van der Waals surface area contributed by atoms with Gasteiger partial charge in [0.25, 0.3) is 0 Å². The van der Waals surface area contributed by atoms with Crippen LogP contribution in [0.15, 0.2) is 35.7 Å². The van der Waals surface area contributed by atoms with Crippen molar-refractivity contribution in [1.29, 1.82) is 0 Å². The molecule has 2 rings (SSSR count). The summed E-state index contributed by atoms with van der Waals surface area (Å²) in [6.07, 6.45) is -0.166. The summed E-state index contributed by atoms with van der Waals surface area (Å²) in [5, 5.41) is 2.02. The van der Waals surface area contributed by atoms with Crippen molar-refractivity contribution in [2.75, 3.05) is 6.54 Å². The maximum Gasteiger partial charge on any atom is 0.145 e. The second-order valence-electron chi connectivity index (χ2n) is 3.76. The molecular weight excluding hydrogens is 237 g/mol. The van der Waals surface area contributed by atoms with Crippen LogP contribution in [0.25, 0.3) is 0 Å². The van der Waals surface area contributed by atoms with Gasteiger partial charge in [0.05, 0.1) is 0 Å². The number of thiophene rings is 1. The van der Waals surface area contributed by atoms with Gasteiger partial charge in [-0.05, 0) is 48.2 Å². The highest BCUT2D eigenvalue weighted by atomic mass is 32.1. The molecule has 90 valence electrons. The molecule has 1 unspecified atom stereocenters. The fourth-order valence-electron chi connectivity index (χ4n) is 1.60. The predicted molar refractivity (Wildman–Crippen MR) is 67.9 cm³/mol. The van der Waals surface area contributed by atoms with Crippen LogP contribution in [0.2, 0.25) is 0 Å². The topological polar surface area (TPSA) is 35.2 Å². The van der Waals surface area contributed by atoms with Gasteiger partial charge in [0.1, 0.15) is 17.7 Å². The van der Waals surface area contributed by atoms with E-state index in [1.807, 2.05) is 18.4 Å². The number of halogens is 1. The lowest BCUT2D eigenvalue weighted by Crippen LogP contribution is -2.18. The van der Waals surface area contributed by atoms with Crippen molar-refractivity contribution in [2.24, 2.45) is 5.73 Å². The average Bonchev–Trinajstić information content (AvgIpc) is 2.75. The quantitative estimate of drug-likeness (QED) is 0.905. The van der Waals surface area contributed by atoms with Crippen LogP contribution in [0.4, 0.5) is 4.39 Å². The molecule has 17 heavy (non-hydrogen) atoms. The standard InChI is InChI=1S/C13H14FNOS/c1-9-6-7-17-13(9)12(8-15)16-11-4-2-10(14)3-5-11/h2-7,12H,8,15H2,1H3. The third kappa shape index (κ3) is 2.84. The first-order valence-corrected chi connectivity index (χ1v) is 6.25. The summed E-state index contributed by atoms with van der Waals surface area (Å²) in [6, 6.07) is 8.02. The maximum absolute atomic E-state index is 12.8. The van der Waals surface area contributed by atoms with Gasteiger partial charge in [0, 0.05) is 11.4 Å². The normalized spacial score (nSPS) is 12.4. The molecule has 0 radical (unpaired) electrons. The molecule has 0 amide bonds. The minimum absolute atomic E-state index is 0.166. The van der Waals surface area contributed by atoms with Gasteiger partial charge in [-0.3, -0.25) is 0 Å². The predicted octanol–water partition coefficient (Wildman–Crippen LogP) is 3.27. The van der Waals surface area contributed by atoms with Crippen LogP contribution in [0.5, 0.6) is 5.75 Å². The Kier molecular flexibility index (Phi) is 3.76. The van der Waals surface area contributed by atoms with E-state index in [9.17, 15) is 4.39 Å². The van der Waals surface area contributed by atoms with Gasteiger partial charge < -0.3 is 10.5 Å². The van der Waals surface area contributed by atoms with E-state index < -0.39 is 0 Å². The molecule has 0 aliphatic rings. The number of hydrogen-bond acceptors (Lipinski definition) is 3. The lowest BCUT2D eigenvalue weighted by molar-refractivity contribution is 0.217. The van der Waals surface area contributed by atoms with E-state index in [1.54, 1.807) is 23.5 Å². The molecule has 0 saturated heterocycles. The number of aryl methyl sites for hydroxylation is 1. The number of hydrogen-bond donors (Lipinski definition) is 1. The molecule has 2 nitrogen and oxygen atoms in total. The molecule has 1 aromatic carbocycles. The molecule has 0 aliphatic carbocycles. The van der Waals surface area contributed by atoms with Gasteiger partial charge in [0.15, 0.2) is 0 Å². The third-order valence-corrected chi connectivity index (χ3v) is 3.61. The first kappa shape index (κ1) is 12.1. The summed E-state index contributed by atoms with van der Waals surface area (Å²) in [6.45, 7) is 2.43. The average molecular weight is 251 g/mol. The summed E-state index contributed by atoms with van der Waals surface area (Å²) in [7, 11) is 0. The second kappa shape index (κ2) is 5.29. The van der Waals surface area contributed by atoms with Gasteiger partial charge in [-0.1, -0.05) is 0 Å². The summed E-state index contributed by atoms with van der Waals surface area (Å²) < 4.78 is 18.5. The zero-order chi connectivity index (χ0) is 12.3. The number of ether oxygens (including phenoxy) is 1. The molecule has 0 fully saturated rings. The lowest BCUT2D eigenvalue weighted by Gasteiger charge is -2.17. The minimum atomic E-state index is -0.269. The largest absolute Gasteiger partial charge is 0.484 e. The Morgan fingerprint density at radius 2 is 2.00 bits per heavy atom. The van der Waals surface area contributed by atoms with E-state index in [0.717, 1.165) is 4.88 Å². The summed E-state index contributed by atoms with van der Waals surface area (Å²) in [4.78, 5) is 1.12. The van der Waals surface area contributed by atoms with Crippen LogP contribution in [-0.4, -0.2) is 6.54 Å². The van der Waals surface area contributed by atoms with E-state index >= 15 is 0 Å².